The Kier molecular flexibility index (Phi) is 15.7. The van der Waals surface area contributed by atoms with Gasteiger partial charge in [0.25, 0.3) is 0 Å². The summed E-state index contributed by atoms with van der Waals surface area (Å²) in [6, 6.07) is 73.1. The van der Waals surface area contributed by atoms with E-state index in [4.69, 9.17) is 0 Å². The van der Waals surface area contributed by atoms with Gasteiger partial charge in [0.1, 0.15) is 0 Å². The first-order valence-corrected chi connectivity index (χ1v) is 28.8. The third-order valence-electron chi connectivity index (χ3n) is 15.9. The quantitative estimate of drug-likeness (QED) is 0.121. The molecule has 9 rings (SSSR count). The van der Waals surface area contributed by atoms with E-state index < -0.39 is 0 Å². The van der Waals surface area contributed by atoms with Crippen LogP contribution in [-0.2, 0) is 21.7 Å². The van der Waals surface area contributed by atoms with Gasteiger partial charge in [-0.1, -0.05) is 186 Å². The summed E-state index contributed by atoms with van der Waals surface area (Å²) >= 11 is 0. The van der Waals surface area contributed by atoms with Crippen molar-refractivity contribution in [3.63, 3.8) is 0 Å². The minimum atomic E-state index is -0.177. The molecular weight excluding hydrogens is 969 g/mol. The average Bonchev–Trinajstić information content (AvgIpc) is 3.40. The van der Waals surface area contributed by atoms with Crippen LogP contribution >= 0.6 is 0 Å². The largest absolute Gasteiger partial charge is 0.310 e. The summed E-state index contributed by atoms with van der Waals surface area (Å²) in [5.41, 5.74) is 25.5. The van der Waals surface area contributed by atoms with Crippen LogP contribution in [0, 0.1) is 41.5 Å². The van der Waals surface area contributed by atoms with E-state index in [1.165, 1.54) is 67.0 Å². The third-order valence-corrected chi connectivity index (χ3v) is 15.9. The second-order valence-corrected chi connectivity index (χ2v) is 26.5. The van der Waals surface area contributed by atoms with Gasteiger partial charge in [0.2, 0.25) is 0 Å². The fourth-order valence-electron chi connectivity index (χ4n) is 11.2. The van der Waals surface area contributed by atoms with Crippen molar-refractivity contribution in [2.75, 3.05) is 19.6 Å². The smallest absolute Gasteiger partial charge is 0.0519 e. The van der Waals surface area contributed by atoms with Crippen LogP contribution in [0.5, 0.6) is 0 Å². The predicted molar refractivity (Wildman–Crippen MR) is 348 cm³/mol. The van der Waals surface area contributed by atoms with Gasteiger partial charge in [0, 0.05) is 56.9 Å². The summed E-state index contributed by atoms with van der Waals surface area (Å²) in [7, 11) is 0. The van der Waals surface area contributed by atoms with Gasteiger partial charge in [-0.05, 0) is 210 Å². The summed E-state index contributed by atoms with van der Waals surface area (Å²) in [4.78, 5) is 9.95. The van der Waals surface area contributed by atoms with E-state index in [1.54, 1.807) is 0 Å². The molecule has 0 bridgehead atoms. The first kappa shape index (κ1) is 56.9. The van der Waals surface area contributed by atoms with Crippen LogP contribution in [0.3, 0.4) is 0 Å². The Hall–Kier alpha value is -7.82. The van der Waals surface area contributed by atoms with Gasteiger partial charge >= 0.3 is 0 Å². The molecule has 0 atom stereocenters. The molecule has 410 valence electrons. The van der Waals surface area contributed by atoms with E-state index in [1.807, 2.05) is 0 Å². The van der Waals surface area contributed by atoms with E-state index in [0.717, 1.165) is 56.9 Å². The van der Waals surface area contributed by atoms with Crippen molar-refractivity contribution in [2.24, 2.45) is 0 Å². The van der Waals surface area contributed by atoms with Gasteiger partial charge in [0.15, 0.2) is 0 Å². The summed E-state index contributed by atoms with van der Waals surface area (Å²) in [6.07, 6.45) is 0. The number of hydrogen-bond donors (Lipinski definition) is 0. The van der Waals surface area contributed by atoms with Crippen molar-refractivity contribution in [1.82, 2.24) is 0 Å². The zero-order chi connectivity index (χ0) is 57.6. The highest BCUT2D eigenvalue weighted by atomic mass is 15.2. The van der Waals surface area contributed by atoms with Crippen molar-refractivity contribution in [1.29, 1.82) is 0 Å². The van der Waals surface area contributed by atoms with Crippen molar-refractivity contribution >= 4 is 68.2 Å². The molecule has 0 fully saturated rings. The Balaban J connectivity index is 1.30. The third kappa shape index (κ3) is 11.9. The predicted octanol–water partition coefficient (Wildman–Crippen LogP) is 22.6. The Morgan fingerprint density at radius 3 is 0.775 bits per heavy atom. The molecule has 0 aliphatic heterocycles. The molecule has 0 spiro atoms. The zero-order valence-electron chi connectivity index (χ0n) is 51.3. The topological polar surface area (TPSA) is 13.0 Å². The van der Waals surface area contributed by atoms with Gasteiger partial charge in [-0.2, -0.15) is 0 Å². The first-order chi connectivity index (χ1) is 37.7. The summed E-state index contributed by atoms with van der Waals surface area (Å²) < 4.78 is 0. The maximum absolute atomic E-state index is 2.49. The van der Waals surface area contributed by atoms with Crippen LogP contribution in [0.4, 0.5) is 68.2 Å². The fourth-order valence-corrected chi connectivity index (χ4v) is 11.2. The molecule has 0 N–H and O–H groups in total. The highest BCUT2D eigenvalue weighted by Gasteiger charge is 2.29. The lowest BCUT2D eigenvalue weighted by atomic mass is 9.85. The molecule has 0 saturated carbocycles. The van der Waals surface area contributed by atoms with Gasteiger partial charge in [0.05, 0.1) is 11.4 Å². The molecule has 0 aliphatic rings. The zero-order valence-corrected chi connectivity index (χ0v) is 51.3. The van der Waals surface area contributed by atoms with E-state index >= 15 is 0 Å². The molecule has 9 aromatic rings. The molecule has 0 heterocycles. The molecule has 0 amide bonds. The Morgan fingerprint density at radius 1 is 0.212 bits per heavy atom. The Bertz CT molecular complexity index is 3380. The van der Waals surface area contributed by atoms with Gasteiger partial charge in [-0.15, -0.1) is 0 Å². The lowest BCUT2D eigenvalue weighted by Gasteiger charge is -2.35. The first-order valence-electron chi connectivity index (χ1n) is 28.8. The monoisotopic (exact) mass is 1050 g/mol. The number of aryl methyl sites for hydroxylation is 6. The maximum atomic E-state index is 2.49. The van der Waals surface area contributed by atoms with Crippen LogP contribution in [0.15, 0.2) is 194 Å². The maximum Gasteiger partial charge on any atom is 0.0519 e. The summed E-state index contributed by atoms with van der Waals surface area (Å²) in [6.45, 7) is 41.1. The van der Waals surface area contributed by atoms with Crippen molar-refractivity contribution < 1.29 is 0 Å². The SMILES string of the molecule is Cc1ccccc1N(c1cccc(N(c2cc(N(c3ccc(C(C)(C)C)cc3)c3c(C)cccc3C)cc(C(C)(C)C)c2)c2ccccc2C)c1)c1cc(N(c2ccc(C(C)(C)C)cc2)c2c(C)cccc2C)cc(C(C)(C)C)c1. The molecule has 4 nitrogen and oxygen atoms in total. The standard InChI is InChI=1S/C76H86N4/c1-51-26-19-21-34-69(51)77(65-44-59(75(13,14)15)46-67(49-65)79(71-53(3)28-23-29-54(71)4)61-40-36-57(37-41-61)73(7,8)9)63-32-25-33-64(48-63)78(70-35-22-20-27-52(70)2)66-45-60(76(16,17)18)47-68(50-66)80(72-55(5)30-24-31-56(72)6)62-42-38-58(39-43-62)74(10,11)12/h19-50H,1-18H3. The Morgan fingerprint density at radius 2 is 0.475 bits per heavy atom. The van der Waals surface area contributed by atoms with Crippen LogP contribution in [0.1, 0.15) is 139 Å². The second kappa shape index (κ2) is 22.0. The Labute approximate surface area is 481 Å². The number of para-hydroxylation sites is 4. The summed E-state index contributed by atoms with van der Waals surface area (Å²) in [5.74, 6) is 0. The highest BCUT2D eigenvalue weighted by molar-refractivity contribution is 5.90. The van der Waals surface area contributed by atoms with Crippen LogP contribution in [0.25, 0.3) is 0 Å². The van der Waals surface area contributed by atoms with Gasteiger partial charge in [-0.3, -0.25) is 0 Å². The van der Waals surface area contributed by atoms with Gasteiger partial charge in [-0.25, -0.2) is 0 Å². The van der Waals surface area contributed by atoms with Crippen molar-refractivity contribution in [3.05, 3.63) is 250 Å². The average molecular weight is 1060 g/mol. The van der Waals surface area contributed by atoms with E-state index in [0.29, 0.717) is 0 Å². The van der Waals surface area contributed by atoms with Crippen molar-refractivity contribution in [2.45, 2.75) is 146 Å². The number of anilines is 12. The number of nitrogens with zero attached hydrogens (tertiary/aromatic N) is 4. The minimum Gasteiger partial charge on any atom is -0.310 e. The fraction of sp³-hybridized carbons (Fsp3) is 0.289. The van der Waals surface area contributed by atoms with Crippen LogP contribution in [-0.4, -0.2) is 0 Å². The molecule has 4 heteroatoms. The molecule has 0 aliphatic carbocycles. The number of benzene rings is 9. The molecule has 9 aromatic carbocycles. The summed E-state index contributed by atoms with van der Waals surface area (Å²) in [5, 5.41) is 0. The minimum absolute atomic E-state index is 0.0238. The molecule has 0 saturated heterocycles. The van der Waals surface area contributed by atoms with Crippen LogP contribution in [0.2, 0.25) is 0 Å². The lowest BCUT2D eigenvalue weighted by Crippen LogP contribution is -2.20. The van der Waals surface area contributed by atoms with E-state index in [2.05, 4.69) is 338 Å². The highest BCUT2D eigenvalue weighted by Crippen LogP contribution is 2.49. The van der Waals surface area contributed by atoms with E-state index in [9.17, 15) is 0 Å². The van der Waals surface area contributed by atoms with E-state index in [-0.39, 0.29) is 21.7 Å². The molecule has 0 radical (unpaired) electrons. The van der Waals surface area contributed by atoms with Gasteiger partial charge < -0.3 is 19.6 Å². The lowest BCUT2D eigenvalue weighted by molar-refractivity contribution is 0.590. The second-order valence-electron chi connectivity index (χ2n) is 26.5. The molecule has 80 heavy (non-hydrogen) atoms. The molecule has 0 aromatic heterocycles. The number of hydrogen-bond acceptors (Lipinski definition) is 4. The number of rotatable bonds is 12. The normalized spacial score (nSPS) is 12.1. The van der Waals surface area contributed by atoms with Crippen molar-refractivity contribution in [3.8, 4) is 0 Å². The molecular formula is C76H86N4. The van der Waals surface area contributed by atoms with Crippen LogP contribution < -0.4 is 19.6 Å². The molecule has 0 unspecified atom stereocenters.